The molecule has 19 heavy (non-hydrogen) atoms. The minimum atomic E-state index is 0.540. The zero-order valence-corrected chi connectivity index (χ0v) is 12.8. The third kappa shape index (κ3) is 3.13. The molecule has 2 aromatic rings. The normalized spacial score (nSPS) is 11.5. The lowest BCUT2D eigenvalue weighted by molar-refractivity contribution is 0.521. The van der Waals surface area contributed by atoms with Crippen LogP contribution in [-0.2, 0) is 6.54 Å². The van der Waals surface area contributed by atoms with Crippen molar-refractivity contribution in [1.82, 2.24) is 14.8 Å². The number of hydrogen-bond acceptors (Lipinski definition) is 2. The molecule has 1 heterocycles. The SMILES string of the molecule is CC(C)Cn1c(-c2ccc(C(C)C)cc2)n[nH]c1=S. The summed E-state index contributed by atoms with van der Waals surface area (Å²) in [6, 6.07) is 8.57. The maximum atomic E-state index is 5.30. The summed E-state index contributed by atoms with van der Waals surface area (Å²) in [5, 5.41) is 7.25. The molecule has 2 rings (SSSR count). The van der Waals surface area contributed by atoms with E-state index in [0.717, 1.165) is 17.9 Å². The zero-order valence-electron chi connectivity index (χ0n) is 12.0. The van der Waals surface area contributed by atoms with E-state index in [1.54, 1.807) is 0 Å². The molecule has 0 saturated heterocycles. The van der Waals surface area contributed by atoms with E-state index in [-0.39, 0.29) is 0 Å². The van der Waals surface area contributed by atoms with Gasteiger partial charge in [-0.2, -0.15) is 5.10 Å². The second-order valence-corrected chi connectivity index (χ2v) is 6.02. The molecule has 0 spiro atoms. The summed E-state index contributed by atoms with van der Waals surface area (Å²) >= 11 is 5.30. The van der Waals surface area contributed by atoms with E-state index in [1.807, 2.05) is 0 Å². The molecule has 1 N–H and O–H groups in total. The van der Waals surface area contributed by atoms with E-state index in [4.69, 9.17) is 12.2 Å². The Hall–Kier alpha value is -1.42. The topological polar surface area (TPSA) is 33.6 Å². The number of nitrogens with one attached hydrogen (secondary N) is 1. The van der Waals surface area contributed by atoms with Crippen LogP contribution in [0.4, 0.5) is 0 Å². The standard InChI is InChI=1S/C15H21N3S/c1-10(2)9-18-14(16-17-15(18)19)13-7-5-12(6-8-13)11(3)4/h5-8,10-11H,9H2,1-4H3,(H,17,19). The van der Waals surface area contributed by atoms with Crippen molar-refractivity contribution in [2.24, 2.45) is 5.92 Å². The van der Waals surface area contributed by atoms with Gasteiger partial charge in [-0.1, -0.05) is 52.0 Å². The molecule has 0 saturated carbocycles. The highest BCUT2D eigenvalue weighted by Crippen LogP contribution is 2.22. The molecule has 102 valence electrons. The van der Waals surface area contributed by atoms with E-state index in [1.165, 1.54) is 5.56 Å². The minimum Gasteiger partial charge on any atom is -0.300 e. The van der Waals surface area contributed by atoms with Crippen molar-refractivity contribution >= 4 is 12.2 Å². The molecule has 1 aromatic carbocycles. The lowest BCUT2D eigenvalue weighted by atomic mass is 10.0. The summed E-state index contributed by atoms with van der Waals surface area (Å²) in [6.45, 7) is 9.64. The molecule has 0 aliphatic heterocycles. The summed E-state index contributed by atoms with van der Waals surface area (Å²) in [4.78, 5) is 0. The van der Waals surface area contributed by atoms with Crippen molar-refractivity contribution in [2.45, 2.75) is 40.2 Å². The highest BCUT2D eigenvalue weighted by atomic mass is 32.1. The number of nitrogens with zero attached hydrogens (tertiary/aromatic N) is 2. The first-order chi connectivity index (χ1) is 8.99. The first kappa shape index (κ1) is 14.0. The lowest BCUT2D eigenvalue weighted by Gasteiger charge is -2.10. The van der Waals surface area contributed by atoms with E-state index >= 15 is 0 Å². The molecule has 0 radical (unpaired) electrons. The Bertz CT molecular complexity index is 591. The Labute approximate surface area is 119 Å². The van der Waals surface area contributed by atoms with Crippen molar-refractivity contribution in [2.75, 3.05) is 0 Å². The summed E-state index contributed by atoms with van der Waals surface area (Å²) in [5.41, 5.74) is 2.45. The van der Waals surface area contributed by atoms with Gasteiger partial charge in [0.1, 0.15) is 0 Å². The van der Waals surface area contributed by atoms with Gasteiger partial charge >= 0.3 is 0 Å². The molecule has 0 fully saturated rings. The molecule has 0 bridgehead atoms. The van der Waals surface area contributed by atoms with Crippen LogP contribution in [0.1, 0.15) is 39.2 Å². The number of aromatic amines is 1. The second-order valence-electron chi connectivity index (χ2n) is 5.63. The fourth-order valence-electron chi connectivity index (χ4n) is 2.09. The number of aromatic nitrogens is 3. The van der Waals surface area contributed by atoms with Crippen LogP contribution in [0.3, 0.4) is 0 Å². The average Bonchev–Trinajstić information content (AvgIpc) is 2.71. The molecule has 4 heteroatoms. The molecular formula is C15H21N3S. The van der Waals surface area contributed by atoms with Gasteiger partial charge in [0.25, 0.3) is 0 Å². The van der Waals surface area contributed by atoms with Gasteiger partial charge in [-0.3, -0.25) is 9.67 Å². The van der Waals surface area contributed by atoms with Gasteiger partial charge < -0.3 is 0 Å². The molecule has 0 amide bonds. The van der Waals surface area contributed by atoms with Crippen molar-refractivity contribution in [3.05, 3.63) is 34.6 Å². The van der Waals surface area contributed by atoms with Crippen LogP contribution in [0.15, 0.2) is 24.3 Å². The molecule has 0 atom stereocenters. The van der Waals surface area contributed by atoms with Crippen molar-refractivity contribution in [3.63, 3.8) is 0 Å². The minimum absolute atomic E-state index is 0.540. The summed E-state index contributed by atoms with van der Waals surface area (Å²) in [5.74, 6) is 2.01. The van der Waals surface area contributed by atoms with Crippen molar-refractivity contribution in [1.29, 1.82) is 0 Å². The highest BCUT2D eigenvalue weighted by Gasteiger charge is 2.10. The monoisotopic (exact) mass is 275 g/mol. The molecule has 0 aliphatic carbocycles. The van der Waals surface area contributed by atoms with Crippen LogP contribution in [0.5, 0.6) is 0 Å². The molecule has 1 aromatic heterocycles. The number of hydrogen-bond donors (Lipinski definition) is 1. The quantitative estimate of drug-likeness (QED) is 0.840. The van der Waals surface area contributed by atoms with Gasteiger partial charge in [-0.25, -0.2) is 0 Å². The fourth-order valence-corrected chi connectivity index (χ4v) is 2.30. The smallest absolute Gasteiger partial charge is 0.195 e. The van der Waals surface area contributed by atoms with Gasteiger partial charge in [0.05, 0.1) is 0 Å². The maximum absolute atomic E-state index is 5.30. The molecular weight excluding hydrogens is 254 g/mol. The predicted octanol–water partition coefficient (Wildman–Crippen LogP) is 4.39. The largest absolute Gasteiger partial charge is 0.300 e. The van der Waals surface area contributed by atoms with Crippen LogP contribution < -0.4 is 0 Å². The Morgan fingerprint density at radius 1 is 1.16 bits per heavy atom. The maximum Gasteiger partial charge on any atom is 0.195 e. The van der Waals surface area contributed by atoms with Crippen molar-refractivity contribution in [3.8, 4) is 11.4 Å². The Kier molecular flexibility index (Phi) is 4.20. The molecule has 3 nitrogen and oxygen atoms in total. The highest BCUT2D eigenvalue weighted by molar-refractivity contribution is 7.71. The Balaban J connectivity index is 2.39. The van der Waals surface area contributed by atoms with Crippen LogP contribution in [0.25, 0.3) is 11.4 Å². The first-order valence-electron chi connectivity index (χ1n) is 6.74. The average molecular weight is 275 g/mol. The van der Waals surface area contributed by atoms with Gasteiger partial charge in [0.15, 0.2) is 10.6 Å². The van der Waals surface area contributed by atoms with E-state index in [0.29, 0.717) is 16.6 Å². The van der Waals surface area contributed by atoms with Crippen LogP contribution >= 0.6 is 12.2 Å². The van der Waals surface area contributed by atoms with Crippen molar-refractivity contribution < 1.29 is 0 Å². The molecule has 0 unspecified atom stereocenters. The molecule has 0 aliphatic rings. The fraction of sp³-hybridized carbons (Fsp3) is 0.467. The van der Waals surface area contributed by atoms with Gasteiger partial charge in [0.2, 0.25) is 0 Å². The zero-order chi connectivity index (χ0) is 14.0. The Morgan fingerprint density at radius 3 is 2.32 bits per heavy atom. The van der Waals surface area contributed by atoms with Crippen LogP contribution in [0, 0.1) is 10.7 Å². The summed E-state index contributed by atoms with van der Waals surface area (Å²) in [7, 11) is 0. The van der Waals surface area contributed by atoms with Gasteiger partial charge in [-0.05, 0) is 29.6 Å². The Morgan fingerprint density at radius 2 is 1.79 bits per heavy atom. The van der Waals surface area contributed by atoms with E-state index in [2.05, 4.69) is 66.7 Å². The third-order valence-electron chi connectivity index (χ3n) is 3.14. The number of rotatable bonds is 4. The van der Waals surface area contributed by atoms with Crippen LogP contribution in [-0.4, -0.2) is 14.8 Å². The summed E-state index contributed by atoms with van der Waals surface area (Å²) in [6.07, 6.45) is 0. The van der Waals surface area contributed by atoms with Gasteiger partial charge in [0, 0.05) is 12.1 Å². The van der Waals surface area contributed by atoms with Crippen LogP contribution in [0.2, 0.25) is 0 Å². The number of H-pyrrole nitrogens is 1. The second kappa shape index (κ2) is 5.70. The predicted molar refractivity (Wildman–Crippen MR) is 81.8 cm³/mol. The third-order valence-corrected chi connectivity index (χ3v) is 3.45. The summed E-state index contributed by atoms with van der Waals surface area (Å²) < 4.78 is 2.77. The first-order valence-corrected chi connectivity index (χ1v) is 7.15. The lowest BCUT2D eigenvalue weighted by Crippen LogP contribution is -2.06. The van der Waals surface area contributed by atoms with E-state index in [9.17, 15) is 0 Å². The number of benzene rings is 1. The van der Waals surface area contributed by atoms with E-state index < -0.39 is 0 Å². The van der Waals surface area contributed by atoms with Gasteiger partial charge in [-0.15, -0.1) is 0 Å².